The van der Waals surface area contributed by atoms with Crippen LogP contribution in [-0.4, -0.2) is 0 Å². The van der Waals surface area contributed by atoms with E-state index in [4.69, 9.17) is 5.84 Å². The van der Waals surface area contributed by atoms with Crippen LogP contribution in [0.2, 0.25) is 0 Å². The SMILES string of the molecule is CCc1ccc(C(Cc2cccc(C(F)(F)F)c2)NN)s1. The van der Waals surface area contributed by atoms with Gasteiger partial charge in [0.05, 0.1) is 11.6 Å². The Morgan fingerprint density at radius 1 is 1.24 bits per heavy atom. The van der Waals surface area contributed by atoms with E-state index < -0.39 is 11.7 Å². The van der Waals surface area contributed by atoms with Crippen molar-refractivity contribution in [1.29, 1.82) is 0 Å². The van der Waals surface area contributed by atoms with Gasteiger partial charge < -0.3 is 0 Å². The first-order chi connectivity index (χ1) is 9.94. The van der Waals surface area contributed by atoms with Crippen LogP contribution in [0.1, 0.15) is 33.8 Å². The van der Waals surface area contributed by atoms with Gasteiger partial charge in [0.2, 0.25) is 0 Å². The van der Waals surface area contributed by atoms with Crippen molar-refractivity contribution in [2.24, 2.45) is 5.84 Å². The second kappa shape index (κ2) is 6.60. The number of nitrogens with two attached hydrogens (primary N) is 1. The molecular formula is C15H17F3N2S. The highest BCUT2D eigenvalue weighted by Gasteiger charge is 2.30. The second-order valence-electron chi connectivity index (χ2n) is 4.78. The van der Waals surface area contributed by atoms with Crippen LogP contribution in [0, 0.1) is 0 Å². The molecule has 0 aliphatic carbocycles. The van der Waals surface area contributed by atoms with Gasteiger partial charge in [0.15, 0.2) is 0 Å². The van der Waals surface area contributed by atoms with Gasteiger partial charge in [-0.25, -0.2) is 0 Å². The zero-order chi connectivity index (χ0) is 15.5. The lowest BCUT2D eigenvalue weighted by molar-refractivity contribution is -0.137. The Morgan fingerprint density at radius 2 is 2.00 bits per heavy atom. The average molecular weight is 314 g/mol. The normalized spacial score (nSPS) is 13.4. The quantitative estimate of drug-likeness (QED) is 0.645. The number of halogens is 3. The summed E-state index contributed by atoms with van der Waals surface area (Å²) in [7, 11) is 0. The van der Waals surface area contributed by atoms with Crippen molar-refractivity contribution in [3.8, 4) is 0 Å². The summed E-state index contributed by atoms with van der Waals surface area (Å²) < 4.78 is 38.2. The van der Waals surface area contributed by atoms with E-state index >= 15 is 0 Å². The maximum Gasteiger partial charge on any atom is 0.416 e. The van der Waals surface area contributed by atoms with Crippen LogP contribution in [0.5, 0.6) is 0 Å². The maximum atomic E-state index is 12.7. The summed E-state index contributed by atoms with van der Waals surface area (Å²) in [5, 5.41) is 0. The molecule has 0 fully saturated rings. The molecule has 0 aliphatic rings. The number of hydrazine groups is 1. The van der Waals surface area contributed by atoms with Crippen LogP contribution in [-0.2, 0) is 19.0 Å². The molecule has 6 heteroatoms. The number of nitrogens with one attached hydrogen (secondary N) is 1. The molecule has 1 unspecified atom stereocenters. The van der Waals surface area contributed by atoms with Crippen molar-refractivity contribution in [1.82, 2.24) is 5.43 Å². The van der Waals surface area contributed by atoms with Crippen molar-refractivity contribution in [2.75, 3.05) is 0 Å². The molecule has 0 radical (unpaired) electrons. The molecular weight excluding hydrogens is 297 g/mol. The fourth-order valence-corrected chi connectivity index (χ4v) is 3.14. The van der Waals surface area contributed by atoms with Crippen molar-refractivity contribution < 1.29 is 13.2 Å². The Labute approximate surface area is 125 Å². The van der Waals surface area contributed by atoms with E-state index in [0.29, 0.717) is 12.0 Å². The summed E-state index contributed by atoms with van der Waals surface area (Å²) in [5.41, 5.74) is 2.67. The number of aryl methyl sites for hydroxylation is 1. The minimum Gasteiger partial charge on any atom is -0.271 e. The van der Waals surface area contributed by atoms with E-state index in [2.05, 4.69) is 12.3 Å². The summed E-state index contributed by atoms with van der Waals surface area (Å²) in [6.07, 6.45) is -2.96. The summed E-state index contributed by atoms with van der Waals surface area (Å²) in [6, 6.07) is 9.19. The Balaban J connectivity index is 2.18. The second-order valence-corrected chi connectivity index (χ2v) is 5.98. The highest BCUT2D eigenvalue weighted by molar-refractivity contribution is 7.12. The summed E-state index contributed by atoms with van der Waals surface area (Å²) in [5.74, 6) is 5.56. The summed E-state index contributed by atoms with van der Waals surface area (Å²) in [6.45, 7) is 2.06. The Kier molecular flexibility index (Phi) is 5.03. The predicted molar refractivity (Wildman–Crippen MR) is 78.9 cm³/mol. The van der Waals surface area contributed by atoms with E-state index in [-0.39, 0.29) is 6.04 Å². The molecule has 21 heavy (non-hydrogen) atoms. The first kappa shape index (κ1) is 16.0. The molecule has 0 spiro atoms. The van der Waals surface area contributed by atoms with Gasteiger partial charge in [-0.2, -0.15) is 13.2 Å². The van der Waals surface area contributed by atoms with Gasteiger partial charge in [0.25, 0.3) is 0 Å². The molecule has 1 aromatic heterocycles. The molecule has 0 aliphatic heterocycles. The number of rotatable bonds is 5. The smallest absolute Gasteiger partial charge is 0.271 e. The molecule has 2 nitrogen and oxygen atoms in total. The third kappa shape index (κ3) is 4.06. The highest BCUT2D eigenvalue weighted by Crippen LogP contribution is 2.31. The number of thiophene rings is 1. The predicted octanol–water partition coefficient (Wildman–Crippen LogP) is 4.08. The maximum absolute atomic E-state index is 12.7. The molecule has 1 atom stereocenters. The van der Waals surface area contributed by atoms with Gasteiger partial charge in [-0.3, -0.25) is 11.3 Å². The average Bonchev–Trinajstić information content (AvgIpc) is 2.93. The lowest BCUT2D eigenvalue weighted by Gasteiger charge is -2.15. The molecule has 2 rings (SSSR count). The summed E-state index contributed by atoms with van der Waals surface area (Å²) >= 11 is 1.63. The molecule has 1 heterocycles. The van der Waals surface area contributed by atoms with Crippen molar-refractivity contribution >= 4 is 11.3 Å². The molecule has 0 amide bonds. The van der Waals surface area contributed by atoms with Crippen molar-refractivity contribution in [2.45, 2.75) is 32.0 Å². The standard InChI is InChI=1S/C15H17F3N2S/c1-2-12-6-7-14(21-12)13(20-19)9-10-4-3-5-11(8-10)15(16,17)18/h3-8,13,20H,2,9,19H2,1H3. The van der Waals surface area contributed by atoms with Gasteiger partial charge >= 0.3 is 6.18 Å². The van der Waals surface area contributed by atoms with E-state index in [9.17, 15) is 13.2 Å². The van der Waals surface area contributed by atoms with Gasteiger partial charge in [-0.05, 0) is 36.6 Å². The Morgan fingerprint density at radius 3 is 2.57 bits per heavy atom. The molecule has 2 aromatic rings. The molecule has 0 saturated heterocycles. The minimum atomic E-state index is -4.32. The largest absolute Gasteiger partial charge is 0.416 e. The zero-order valence-electron chi connectivity index (χ0n) is 11.6. The molecule has 114 valence electrons. The van der Waals surface area contributed by atoms with Gasteiger partial charge in [0, 0.05) is 9.75 Å². The number of alkyl halides is 3. The zero-order valence-corrected chi connectivity index (χ0v) is 12.4. The van der Waals surface area contributed by atoms with Crippen LogP contribution >= 0.6 is 11.3 Å². The highest BCUT2D eigenvalue weighted by atomic mass is 32.1. The molecule has 1 aromatic carbocycles. The van der Waals surface area contributed by atoms with Crippen LogP contribution < -0.4 is 11.3 Å². The lowest BCUT2D eigenvalue weighted by Crippen LogP contribution is -2.29. The number of benzene rings is 1. The van der Waals surface area contributed by atoms with Crippen molar-refractivity contribution in [3.63, 3.8) is 0 Å². The lowest BCUT2D eigenvalue weighted by atomic mass is 10.0. The fourth-order valence-electron chi connectivity index (χ4n) is 2.12. The molecule has 0 saturated carbocycles. The molecule has 3 N–H and O–H groups in total. The third-order valence-electron chi connectivity index (χ3n) is 3.27. The van der Waals surface area contributed by atoms with Crippen molar-refractivity contribution in [3.05, 3.63) is 57.3 Å². The van der Waals surface area contributed by atoms with Gasteiger partial charge in [-0.15, -0.1) is 11.3 Å². The fraction of sp³-hybridized carbons (Fsp3) is 0.333. The first-order valence-corrected chi connectivity index (χ1v) is 7.46. The summed E-state index contributed by atoms with van der Waals surface area (Å²) in [4.78, 5) is 2.26. The van der Waals surface area contributed by atoms with E-state index in [0.717, 1.165) is 17.4 Å². The third-order valence-corrected chi connectivity index (χ3v) is 4.61. The van der Waals surface area contributed by atoms with Crippen LogP contribution in [0.15, 0.2) is 36.4 Å². The van der Waals surface area contributed by atoms with Crippen LogP contribution in [0.3, 0.4) is 0 Å². The van der Waals surface area contributed by atoms with Crippen LogP contribution in [0.4, 0.5) is 13.2 Å². The van der Waals surface area contributed by atoms with Crippen LogP contribution in [0.25, 0.3) is 0 Å². The van der Waals surface area contributed by atoms with E-state index in [1.807, 2.05) is 12.1 Å². The van der Waals surface area contributed by atoms with E-state index in [1.165, 1.54) is 17.0 Å². The monoisotopic (exact) mass is 314 g/mol. The number of hydrogen-bond donors (Lipinski definition) is 2. The molecule has 0 bridgehead atoms. The Hall–Kier alpha value is -1.37. The first-order valence-electron chi connectivity index (χ1n) is 6.65. The Bertz CT molecular complexity index is 593. The van der Waals surface area contributed by atoms with Gasteiger partial charge in [-0.1, -0.05) is 25.1 Å². The number of hydrogen-bond acceptors (Lipinski definition) is 3. The topological polar surface area (TPSA) is 38.0 Å². The minimum absolute atomic E-state index is 0.182. The van der Waals surface area contributed by atoms with Gasteiger partial charge in [0.1, 0.15) is 0 Å². The van der Waals surface area contributed by atoms with E-state index in [1.54, 1.807) is 17.4 Å².